The van der Waals surface area contributed by atoms with Crippen molar-refractivity contribution >= 4 is 5.91 Å². The number of nitrogens with zero attached hydrogens (tertiary/aromatic N) is 3. The lowest BCUT2D eigenvalue weighted by Gasteiger charge is -2.03. The molecule has 1 amide bonds. The summed E-state index contributed by atoms with van der Waals surface area (Å²) in [4.78, 5) is 15.9. The number of aryl methyl sites for hydroxylation is 2. The number of aromatic nitrogens is 3. The van der Waals surface area contributed by atoms with Gasteiger partial charge in [-0.25, -0.2) is 0 Å². The monoisotopic (exact) mass is 258 g/mol. The molecule has 2 aromatic heterocycles. The van der Waals surface area contributed by atoms with Crippen LogP contribution in [0.3, 0.4) is 0 Å². The lowest BCUT2D eigenvalue weighted by molar-refractivity contribution is 0.0948. The predicted octanol–water partition coefficient (Wildman–Crippen LogP) is 1.58. The van der Waals surface area contributed by atoms with Gasteiger partial charge in [0.05, 0.1) is 0 Å². The van der Waals surface area contributed by atoms with E-state index in [1.807, 2.05) is 36.7 Å². The molecule has 0 aliphatic carbocycles. The summed E-state index contributed by atoms with van der Waals surface area (Å²) in [6.07, 6.45) is 4.30. The van der Waals surface area contributed by atoms with Crippen LogP contribution in [-0.4, -0.2) is 27.2 Å². The lowest BCUT2D eigenvalue weighted by Crippen LogP contribution is -2.26. The Kier molecular flexibility index (Phi) is 4.28. The van der Waals surface area contributed by atoms with E-state index in [1.54, 1.807) is 12.4 Å². The van der Waals surface area contributed by atoms with E-state index >= 15 is 0 Å². The minimum Gasteiger partial charge on any atom is -0.350 e. The highest BCUT2D eigenvalue weighted by atomic mass is 16.1. The summed E-state index contributed by atoms with van der Waals surface area (Å²) < 4.78 is 1.82. The lowest BCUT2D eigenvalue weighted by atomic mass is 10.2. The molecule has 2 rings (SSSR count). The minimum atomic E-state index is -0.121. The second-order valence-corrected chi connectivity index (χ2v) is 4.35. The topological polar surface area (TPSA) is 59.8 Å². The molecule has 0 aliphatic rings. The summed E-state index contributed by atoms with van der Waals surface area (Å²) in [5.41, 5.74) is 2.64. The first-order chi connectivity index (χ1) is 9.20. The number of pyridine rings is 1. The van der Waals surface area contributed by atoms with Gasteiger partial charge in [-0.1, -0.05) is 0 Å². The van der Waals surface area contributed by atoms with E-state index in [0.717, 1.165) is 24.2 Å². The van der Waals surface area contributed by atoms with E-state index in [9.17, 15) is 4.79 Å². The molecule has 0 atom stereocenters. The van der Waals surface area contributed by atoms with Gasteiger partial charge in [-0.2, -0.15) is 5.10 Å². The van der Waals surface area contributed by atoms with Crippen LogP contribution in [0.5, 0.6) is 0 Å². The SMILES string of the molecule is CCn1nc(C(=O)NCCc2ccncc2)cc1C. The number of carbonyl (C=O) groups is 1. The van der Waals surface area contributed by atoms with Gasteiger partial charge in [-0.3, -0.25) is 14.5 Å². The summed E-state index contributed by atoms with van der Waals surface area (Å²) in [5.74, 6) is -0.121. The number of hydrogen-bond acceptors (Lipinski definition) is 3. The second kappa shape index (κ2) is 6.13. The van der Waals surface area contributed by atoms with Gasteiger partial charge in [0, 0.05) is 31.2 Å². The van der Waals surface area contributed by atoms with Gasteiger partial charge < -0.3 is 5.32 Å². The molecule has 0 saturated heterocycles. The van der Waals surface area contributed by atoms with E-state index in [1.165, 1.54) is 0 Å². The third kappa shape index (κ3) is 3.40. The van der Waals surface area contributed by atoms with Gasteiger partial charge in [0.25, 0.3) is 5.91 Å². The molecule has 0 unspecified atom stereocenters. The molecule has 0 saturated carbocycles. The van der Waals surface area contributed by atoms with Gasteiger partial charge >= 0.3 is 0 Å². The third-order valence-electron chi connectivity index (χ3n) is 2.96. The maximum Gasteiger partial charge on any atom is 0.271 e. The van der Waals surface area contributed by atoms with Crippen LogP contribution in [-0.2, 0) is 13.0 Å². The average molecular weight is 258 g/mol. The second-order valence-electron chi connectivity index (χ2n) is 4.35. The minimum absolute atomic E-state index is 0.121. The zero-order valence-corrected chi connectivity index (χ0v) is 11.3. The fraction of sp³-hybridized carbons (Fsp3) is 0.357. The van der Waals surface area contributed by atoms with Crippen molar-refractivity contribution in [2.75, 3.05) is 6.54 Å². The van der Waals surface area contributed by atoms with E-state index < -0.39 is 0 Å². The fourth-order valence-corrected chi connectivity index (χ4v) is 1.90. The molecule has 0 fully saturated rings. The van der Waals surface area contributed by atoms with Crippen LogP contribution in [0, 0.1) is 6.92 Å². The first kappa shape index (κ1) is 13.3. The molecule has 0 spiro atoms. The normalized spacial score (nSPS) is 10.4. The molecule has 0 aliphatic heterocycles. The number of hydrogen-bond donors (Lipinski definition) is 1. The first-order valence-electron chi connectivity index (χ1n) is 6.42. The number of amides is 1. The molecule has 0 bridgehead atoms. The van der Waals surface area contributed by atoms with Crippen LogP contribution in [0.25, 0.3) is 0 Å². The van der Waals surface area contributed by atoms with Crippen LogP contribution in [0.4, 0.5) is 0 Å². The Morgan fingerprint density at radius 3 is 2.74 bits per heavy atom. The summed E-state index contributed by atoms with van der Waals surface area (Å²) in [7, 11) is 0. The average Bonchev–Trinajstić information content (AvgIpc) is 2.81. The van der Waals surface area contributed by atoms with Gasteiger partial charge in [0.2, 0.25) is 0 Å². The maximum absolute atomic E-state index is 11.9. The van der Waals surface area contributed by atoms with Crippen LogP contribution in [0.1, 0.15) is 28.7 Å². The van der Waals surface area contributed by atoms with E-state index in [0.29, 0.717) is 12.2 Å². The van der Waals surface area contributed by atoms with Gasteiger partial charge in [0.1, 0.15) is 5.69 Å². The molecule has 0 aromatic carbocycles. The largest absolute Gasteiger partial charge is 0.350 e. The molecular weight excluding hydrogens is 240 g/mol. The molecule has 5 heteroatoms. The van der Waals surface area contributed by atoms with Crippen molar-refractivity contribution < 1.29 is 4.79 Å². The van der Waals surface area contributed by atoms with Crippen molar-refractivity contribution in [2.24, 2.45) is 0 Å². The van der Waals surface area contributed by atoms with Gasteiger partial charge in [0.15, 0.2) is 0 Å². The molecule has 0 radical (unpaired) electrons. The Morgan fingerprint density at radius 2 is 2.11 bits per heavy atom. The zero-order chi connectivity index (χ0) is 13.7. The molecule has 100 valence electrons. The summed E-state index contributed by atoms with van der Waals surface area (Å²) >= 11 is 0. The Morgan fingerprint density at radius 1 is 1.37 bits per heavy atom. The Hall–Kier alpha value is -2.17. The van der Waals surface area contributed by atoms with Crippen molar-refractivity contribution in [3.63, 3.8) is 0 Å². The molecule has 2 heterocycles. The summed E-state index contributed by atoms with van der Waals surface area (Å²) in [6.45, 7) is 5.33. The van der Waals surface area contributed by atoms with Crippen LogP contribution < -0.4 is 5.32 Å². The molecule has 5 nitrogen and oxygen atoms in total. The Balaban J connectivity index is 1.87. The first-order valence-corrected chi connectivity index (χ1v) is 6.42. The molecular formula is C14H18N4O. The third-order valence-corrected chi connectivity index (χ3v) is 2.96. The van der Waals surface area contributed by atoms with Crippen molar-refractivity contribution in [1.29, 1.82) is 0 Å². The quantitative estimate of drug-likeness (QED) is 0.885. The van der Waals surface area contributed by atoms with E-state index in [-0.39, 0.29) is 5.91 Å². The number of nitrogens with one attached hydrogen (secondary N) is 1. The van der Waals surface area contributed by atoms with Crippen LogP contribution in [0.15, 0.2) is 30.6 Å². The standard InChI is InChI=1S/C14H18N4O/c1-3-18-11(2)10-13(17-18)14(19)16-9-6-12-4-7-15-8-5-12/h4-5,7-8,10H,3,6,9H2,1-2H3,(H,16,19). The van der Waals surface area contributed by atoms with Crippen molar-refractivity contribution in [2.45, 2.75) is 26.8 Å². The number of rotatable bonds is 5. The van der Waals surface area contributed by atoms with Crippen molar-refractivity contribution in [3.8, 4) is 0 Å². The Labute approximate surface area is 112 Å². The van der Waals surface area contributed by atoms with Crippen LogP contribution >= 0.6 is 0 Å². The molecule has 2 aromatic rings. The highest BCUT2D eigenvalue weighted by Gasteiger charge is 2.10. The van der Waals surface area contributed by atoms with Gasteiger partial charge in [-0.05, 0) is 44.0 Å². The highest BCUT2D eigenvalue weighted by Crippen LogP contribution is 2.03. The van der Waals surface area contributed by atoms with E-state index in [2.05, 4.69) is 15.4 Å². The number of carbonyl (C=O) groups excluding carboxylic acids is 1. The van der Waals surface area contributed by atoms with Crippen molar-refractivity contribution in [3.05, 3.63) is 47.5 Å². The van der Waals surface area contributed by atoms with E-state index in [4.69, 9.17) is 0 Å². The fourth-order valence-electron chi connectivity index (χ4n) is 1.90. The summed E-state index contributed by atoms with van der Waals surface area (Å²) in [6, 6.07) is 5.70. The van der Waals surface area contributed by atoms with Crippen LogP contribution in [0.2, 0.25) is 0 Å². The molecule has 19 heavy (non-hydrogen) atoms. The Bertz CT molecular complexity index is 548. The highest BCUT2D eigenvalue weighted by molar-refractivity contribution is 5.92. The maximum atomic E-state index is 11.9. The van der Waals surface area contributed by atoms with Gasteiger partial charge in [-0.15, -0.1) is 0 Å². The van der Waals surface area contributed by atoms with Crippen molar-refractivity contribution in [1.82, 2.24) is 20.1 Å². The molecule has 1 N–H and O–H groups in total. The smallest absolute Gasteiger partial charge is 0.271 e. The summed E-state index contributed by atoms with van der Waals surface area (Å²) in [5, 5.41) is 7.13. The predicted molar refractivity (Wildman–Crippen MR) is 72.9 cm³/mol. The zero-order valence-electron chi connectivity index (χ0n) is 11.3.